The normalized spacial score (nSPS) is 17.4. The lowest BCUT2D eigenvalue weighted by atomic mass is 9.98. The van der Waals surface area contributed by atoms with Gasteiger partial charge in [-0.05, 0) is 42.0 Å². The summed E-state index contributed by atoms with van der Waals surface area (Å²) in [7, 11) is 0. The van der Waals surface area contributed by atoms with Crippen molar-refractivity contribution in [3.63, 3.8) is 0 Å². The Kier molecular flexibility index (Phi) is 5.64. The molecule has 4 N–H and O–H groups in total. The van der Waals surface area contributed by atoms with E-state index in [4.69, 9.17) is 9.84 Å². The molecule has 2 aliphatic rings. The van der Waals surface area contributed by atoms with Crippen LogP contribution in [0.3, 0.4) is 0 Å². The molecule has 8 heteroatoms. The minimum Gasteiger partial charge on any atom is -0.479 e. The average molecular weight is 438 g/mol. The monoisotopic (exact) mass is 438 g/mol. The lowest BCUT2D eigenvalue weighted by molar-refractivity contribution is -0.156. The quantitative estimate of drug-likeness (QED) is 0.502. The van der Waals surface area contributed by atoms with Gasteiger partial charge in [0, 0.05) is 12.3 Å². The molecule has 2 aliphatic carbocycles. The van der Waals surface area contributed by atoms with Gasteiger partial charge in [0.2, 0.25) is 5.91 Å². The molecule has 0 bridgehead atoms. The molecule has 2 amide bonds. The third-order valence-corrected chi connectivity index (χ3v) is 6.15. The third-order valence-electron chi connectivity index (χ3n) is 6.15. The van der Waals surface area contributed by atoms with E-state index in [1.807, 2.05) is 36.4 Å². The minimum absolute atomic E-state index is 0.00705. The van der Waals surface area contributed by atoms with Gasteiger partial charge in [0.1, 0.15) is 6.61 Å². The van der Waals surface area contributed by atoms with Crippen LogP contribution in [0, 0.1) is 0 Å². The zero-order valence-electron chi connectivity index (χ0n) is 17.8. The van der Waals surface area contributed by atoms with Crippen LogP contribution in [-0.2, 0) is 14.3 Å². The second-order valence-electron chi connectivity index (χ2n) is 8.76. The highest BCUT2D eigenvalue weighted by Crippen LogP contribution is 2.44. The van der Waals surface area contributed by atoms with Gasteiger partial charge in [-0.25, -0.2) is 9.59 Å². The first-order valence-electron chi connectivity index (χ1n) is 10.6. The predicted molar refractivity (Wildman–Crippen MR) is 116 cm³/mol. The zero-order chi connectivity index (χ0) is 22.9. The number of hydrogen-bond acceptors (Lipinski definition) is 5. The van der Waals surface area contributed by atoms with Gasteiger partial charge in [-0.2, -0.15) is 0 Å². The molecule has 2 aromatic rings. The van der Waals surface area contributed by atoms with E-state index in [0.717, 1.165) is 29.2 Å². The number of hydrogen-bond donors (Lipinski definition) is 4. The Morgan fingerprint density at radius 3 is 2.16 bits per heavy atom. The van der Waals surface area contributed by atoms with Crippen molar-refractivity contribution in [3.8, 4) is 11.1 Å². The van der Waals surface area contributed by atoms with E-state index in [1.165, 1.54) is 0 Å². The molecular formula is C24H26N2O6. The van der Waals surface area contributed by atoms with Gasteiger partial charge in [0.25, 0.3) is 0 Å². The fourth-order valence-electron chi connectivity index (χ4n) is 4.06. The number of benzene rings is 2. The van der Waals surface area contributed by atoms with Crippen LogP contribution in [0.5, 0.6) is 0 Å². The Bertz CT molecular complexity index is 1010. The van der Waals surface area contributed by atoms with Crippen LogP contribution in [-0.4, -0.2) is 52.5 Å². The van der Waals surface area contributed by atoms with Crippen molar-refractivity contribution >= 4 is 18.0 Å². The number of fused-ring (bicyclic) bond motifs is 3. The third kappa shape index (κ3) is 4.45. The van der Waals surface area contributed by atoms with Gasteiger partial charge in [-0.1, -0.05) is 48.5 Å². The molecule has 1 atom stereocenters. The molecule has 0 saturated heterocycles. The van der Waals surface area contributed by atoms with Crippen molar-refractivity contribution in [1.82, 2.24) is 10.6 Å². The van der Waals surface area contributed by atoms with Gasteiger partial charge in [-0.3, -0.25) is 4.79 Å². The summed E-state index contributed by atoms with van der Waals surface area (Å²) in [5.41, 5.74) is 1.78. The molecule has 32 heavy (non-hydrogen) atoms. The molecule has 1 saturated carbocycles. The fraction of sp³-hybridized carbons (Fsp3) is 0.375. The van der Waals surface area contributed by atoms with Gasteiger partial charge in [0.05, 0.1) is 12.1 Å². The van der Waals surface area contributed by atoms with E-state index < -0.39 is 35.7 Å². The summed E-state index contributed by atoms with van der Waals surface area (Å²) in [6, 6.07) is 16.1. The Morgan fingerprint density at radius 1 is 1.06 bits per heavy atom. The largest absolute Gasteiger partial charge is 0.479 e. The smallest absolute Gasteiger partial charge is 0.407 e. The Labute approximate surface area is 185 Å². The zero-order valence-corrected chi connectivity index (χ0v) is 17.8. The number of carbonyl (C=O) groups excluding carboxylic acids is 2. The number of aliphatic hydroxyl groups is 1. The number of nitrogens with one attached hydrogen (secondary N) is 2. The highest BCUT2D eigenvalue weighted by molar-refractivity contribution is 5.82. The van der Waals surface area contributed by atoms with E-state index in [2.05, 4.69) is 22.8 Å². The first kappa shape index (κ1) is 21.8. The molecule has 2 aromatic carbocycles. The number of rotatable bonds is 8. The Morgan fingerprint density at radius 2 is 1.62 bits per heavy atom. The van der Waals surface area contributed by atoms with Gasteiger partial charge >= 0.3 is 12.1 Å². The van der Waals surface area contributed by atoms with Gasteiger partial charge in [0.15, 0.2) is 5.60 Å². The van der Waals surface area contributed by atoms with E-state index in [-0.39, 0.29) is 18.9 Å². The molecule has 4 rings (SSSR count). The maximum Gasteiger partial charge on any atom is 0.407 e. The summed E-state index contributed by atoms with van der Waals surface area (Å²) in [5.74, 6) is -1.91. The van der Waals surface area contributed by atoms with Crippen LogP contribution in [0.2, 0.25) is 0 Å². The molecule has 1 fully saturated rings. The molecule has 8 nitrogen and oxygen atoms in total. The number of carboxylic acids is 1. The van der Waals surface area contributed by atoms with E-state index in [9.17, 15) is 19.5 Å². The first-order chi connectivity index (χ1) is 15.2. The van der Waals surface area contributed by atoms with Crippen molar-refractivity contribution in [1.29, 1.82) is 0 Å². The standard InChI is InChI=1S/C24H26N2O6/c1-23(31,21(28)29)14-25-20(27)12-24(10-11-24)26-22(30)32-13-19-17-8-4-2-6-15(17)16-7-3-5-9-18(16)19/h2-9,19,31H,10-14H2,1H3,(H,25,27)(H,26,30)(H,28,29). The first-order valence-corrected chi connectivity index (χ1v) is 10.6. The molecular weight excluding hydrogens is 412 g/mol. The summed E-state index contributed by atoms with van der Waals surface area (Å²) in [6.45, 7) is 0.878. The lowest BCUT2D eigenvalue weighted by Crippen LogP contribution is -2.48. The number of carbonyl (C=O) groups is 3. The topological polar surface area (TPSA) is 125 Å². The molecule has 0 aliphatic heterocycles. The number of ether oxygens (including phenoxy) is 1. The summed E-state index contributed by atoms with van der Waals surface area (Å²) < 4.78 is 5.54. The Balaban J connectivity index is 1.32. The Hall–Kier alpha value is -3.39. The molecule has 0 heterocycles. The molecule has 0 radical (unpaired) electrons. The van der Waals surface area contributed by atoms with Crippen molar-refractivity contribution in [3.05, 3.63) is 59.7 Å². The summed E-state index contributed by atoms with van der Waals surface area (Å²) in [5, 5.41) is 23.8. The highest BCUT2D eigenvalue weighted by atomic mass is 16.5. The molecule has 0 aromatic heterocycles. The summed E-state index contributed by atoms with van der Waals surface area (Å²) in [4.78, 5) is 35.6. The summed E-state index contributed by atoms with van der Waals surface area (Å²) >= 11 is 0. The molecule has 1 unspecified atom stereocenters. The second-order valence-corrected chi connectivity index (χ2v) is 8.76. The lowest BCUT2D eigenvalue weighted by Gasteiger charge is -2.21. The number of alkyl carbamates (subject to hydrolysis) is 1. The van der Waals surface area contributed by atoms with E-state index >= 15 is 0 Å². The number of amides is 2. The average Bonchev–Trinajstić information content (AvgIpc) is 3.43. The van der Waals surface area contributed by atoms with Crippen LogP contribution >= 0.6 is 0 Å². The van der Waals surface area contributed by atoms with Crippen molar-refractivity contribution in [2.45, 2.75) is 43.2 Å². The van der Waals surface area contributed by atoms with E-state index in [1.54, 1.807) is 0 Å². The van der Waals surface area contributed by atoms with Crippen LogP contribution in [0.25, 0.3) is 11.1 Å². The maximum absolute atomic E-state index is 12.5. The summed E-state index contributed by atoms with van der Waals surface area (Å²) in [6.07, 6.45) is 0.655. The van der Waals surface area contributed by atoms with Crippen LogP contribution in [0.4, 0.5) is 4.79 Å². The van der Waals surface area contributed by atoms with Crippen LogP contribution in [0.15, 0.2) is 48.5 Å². The predicted octanol–water partition coefficient (Wildman–Crippen LogP) is 2.40. The highest BCUT2D eigenvalue weighted by Gasteiger charge is 2.46. The van der Waals surface area contributed by atoms with Gasteiger partial charge < -0.3 is 25.6 Å². The van der Waals surface area contributed by atoms with E-state index in [0.29, 0.717) is 12.8 Å². The number of carboxylic acid groups (broad SMARTS) is 1. The van der Waals surface area contributed by atoms with Crippen molar-refractivity contribution in [2.75, 3.05) is 13.2 Å². The van der Waals surface area contributed by atoms with Crippen LogP contribution < -0.4 is 10.6 Å². The molecule has 0 spiro atoms. The minimum atomic E-state index is -2.05. The second kappa shape index (κ2) is 8.27. The van der Waals surface area contributed by atoms with Gasteiger partial charge in [-0.15, -0.1) is 0 Å². The maximum atomic E-state index is 12.5. The van der Waals surface area contributed by atoms with Crippen molar-refractivity contribution < 1.29 is 29.3 Å². The van der Waals surface area contributed by atoms with Crippen molar-refractivity contribution in [2.24, 2.45) is 0 Å². The van der Waals surface area contributed by atoms with Crippen LogP contribution in [0.1, 0.15) is 43.2 Å². The number of aliphatic carboxylic acids is 1. The molecule has 168 valence electrons. The SMILES string of the molecule is CC(O)(CNC(=O)CC1(NC(=O)OCC2c3ccccc3-c3ccccc32)CC1)C(=O)O. The fourth-order valence-corrected chi connectivity index (χ4v) is 4.06.